The molecule has 2 aliphatic heterocycles. The number of imide groups is 1. The van der Waals surface area contributed by atoms with E-state index in [1.165, 1.54) is 4.90 Å². The summed E-state index contributed by atoms with van der Waals surface area (Å²) in [6, 6.07) is 17.4. The molecule has 5 rings (SSSR count). The van der Waals surface area contributed by atoms with Gasteiger partial charge in [0.1, 0.15) is 24.9 Å². The standard InChI is InChI=1S/C27H20Cl2N2O6/c28-21-6-3-7-22(29)20(21)14-36-17-10-8-16(9-11-17)12-23(27(35)30-13-24(32)37-15-30)31-25(33)18-4-1-2-5-19(18)26(31)34/h1-11,23H,12-15H2/t23-/m0/s1. The van der Waals surface area contributed by atoms with Crippen molar-refractivity contribution in [2.75, 3.05) is 13.3 Å². The first-order chi connectivity index (χ1) is 17.8. The van der Waals surface area contributed by atoms with Crippen LogP contribution >= 0.6 is 23.2 Å². The molecule has 3 aromatic carbocycles. The Balaban J connectivity index is 1.36. The lowest BCUT2D eigenvalue weighted by atomic mass is 10.0. The Kier molecular flexibility index (Phi) is 6.86. The Morgan fingerprint density at radius 3 is 2.08 bits per heavy atom. The van der Waals surface area contributed by atoms with Gasteiger partial charge in [0.05, 0.1) is 11.1 Å². The molecule has 1 atom stereocenters. The fourth-order valence-corrected chi connectivity index (χ4v) is 4.81. The molecule has 0 N–H and O–H groups in total. The number of esters is 1. The van der Waals surface area contributed by atoms with Gasteiger partial charge in [-0.2, -0.15) is 0 Å². The molecule has 37 heavy (non-hydrogen) atoms. The lowest BCUT2D eigenvalue weighted by Crippen LogP contribution is -2.51. The van der Waals surface area contributed by atoms with E-state index in [0.29, 0.717) is 26.9 Å². The minimum atomic E-state index is -1.16. The summed E-state index contributed by atoms with van der Waals surface area (Å²) in [4.78, 5) is 53.5. The molecule has 0 aliphatic carbocycles. The second-order valence-electron chi connectivity index (χ2n) is 8.56. The van der Waals surface area contributed by atoms with Crippen LogP contribution in [0.2, 0.25) is 10.0 Å². The highest BCUT2D eigenvalue weighted by Gasteiger charge is 2.45. The summed E-state index contributed by atoms with van der Waals surface area (Å²) in [7, 11) is 0. The largest absolute Gasteiger partial charge is 0.489 e. The van der Waals surface area contributed by atoms with Crippen LogP contribution in [0.15, 0.2) is 66.7 Å². The lowest BCUT2D eigenvalue weighted by molar-refractivity contribution is -0.137. The van der Waals surface area contributed by atoms with Gasteiger partial charge in [0.25, 0.3) is 11.8 Å². The third kappa shape index (κ3) is 4.90. The van der Waals surface area contributed by atoms with Crippen LogP contribution in [-0.2, 0) is 27.4 Å². The highest BCUT2D eigenvalue weighted by molar-refractivity contribution is 6.36. The number of nitrogens with zero attached hydrogens (tertiary/aromatic N) is 2. The summed E-state index contributed by atoms with van der Waals surface area (Å²) in [6.45, 7) is -0.304. The van der Waals surface area contributed by atoms with E-state index in [9.17, 15) is 19.2 Å². The molecule has 10 heteroatoms. The van der Waals surface area contributed by atoms with Gasteiger partial charge in [-0.05, 0) is 42.0 Å². The van der Waals surface area contributed by atoms with Crippen LogP contribution in [0, 0.1) is 0 Å². The number of halogens is 2. The number of ether oxygens (including phenoxy) is 2. The van der Waals surface area contributed by atoms with E-state index in [-0.39, 0.29) is 37.4 Å². The predicted molar refractivity (Wildman–Crippen MR) is 134 cm³/mol. The Bertz CT molecular complexity index is 1350. The van der Waals surface area contributed by atoms with E-state index in [2.05, 4.69) is 0 Å². The van der Waals surface area contributed by atoms with Crippen LogP contribution in [0.3, 0.4) is 0 Å². The molecule has 2 aliphatic rings. The van der Waals surface area contributed by atoms with E-state index in [1.807, 2.05) is 0 Å². The van der Waals surface area contributed by atoms with Crippen molar-refractivity contribution >= 4 is 46.9 Å². The highest BCUT2D eigenvalue weighted by Crippen LogP contribution is 2.29. The molecule has 8 nitrogen and oxygen atoms in total. The maximum Gasteiger partial charge on any atom is 0.327 e. The summed E-state index contributed by atoms with van der Waals surface area (Å²) >= 11 is 12.4. The van der Waals surface area contributed by atoms with Gasteiger partial charge in [-0.25, -0.2) is 0 Å². The van der Waals surface area contributed by atoms with Gasteiger partial charge >= 0.3 is 5.97 Å². The van der Waals surface area contributed by atoms with Crippen LogP contribution in [-0.4, -0.2) is 52.8 Å². The molecule has 0 bridgehead atoms. The summed E-state index contributed by atoms with van der Waals surface area (Å²) in [6.07, 6.45) is 0.0472. The van der Waals surface area contributed by atoms with E-state index in [4.69, 9.17) is 32.7 Å². The molecule has 188 valence electrons. The maximum absolute atomic E-state index is 13.4. The summed E-state index contributed by atoms with van der Waals surface area (Å²) in [5.41, 5.74) is 1.82. The Labute approximate surface area is 222 Å². The van der Waals surface area contributed by atoms with Crippen molar-refractivity contribution in [2.45, 2.75) is 19.1 Å². The topological polar surface area (TPSA) is 93.2 Å². The molecule has 0 aromatic heterocycles. The van der Waals surface area contributed by atoms with Crippen molar-refractivity contribution < 1.29 is 28.7 Å². The van der Waals surface area contributed by atoms with Crippen molar-refractivity contribution in [1.29, 1.82) is 0 Å². The number of cyclic esters (lactones) is 1. The number of amides is 3. The maximum atomic E-state index is 13.4. The first-order valence-corrected chi connectivity index (χ1v) is 12.1. The van der Waals surface area contributed by atoms with Gasteiger partial charge in [0, 0.05) is 22.0 Å². The van der Waals surface area contributed by atoms with Crippen LogP contribution in [0.5, 0.6) is 5.75 Å². The van der Waals surface area contributed by atoms with Gasteiger partial charge in [-0.1, -0.05) is 53.5 Å². The van der Waals surface area contributed by atoms with Gasteiger partial charge in [-0.3, -0.25) is 29.0 Å². The Morgan fingerprint density at radius 1 is 0.892 bits per heavy atom. The smallest absolute Gasteiger partial charge is 0.327 e. The van der Waals surface area contributed by atoms with Crippen molar-refractivity contribution in [2.24, 2.45) is 0 Å². The normalized spacial score (nSPS) is 15.6. The summed E-state index contributed by atoms with van der Waals surface area (Å²) in [5.74, 6) is -1.66. The average Bonchev–Trinajstić information content (AvgIpc) is 3.44. The third-order valence-electron chi connectivity index (χ3n) is 6.23. The Hall–Kier alpha value is -3.88. The number of benzene rings is 3. The summed E-state index contributed by atoms with van der Waals surface area (Å²) < 4.78 is 10.7. The van der Waals surface area contributed by atoms with E-state index in [0.717, 1.165) is 4.90 Å². The molecule has 2 heterocycles. The van der Waals surface area contributed by atoms with E-state index in [1.54, 1.807) is 66.7 Å². The SMILES string of the molecule is O=C1CN(C(=O)[C@H](Cc2ccc(OCc3c(Cl)cccc3Cl)cc2)N2C(=O)c3ccccc3C2=O)CO1. The number of fused-ring (bicyclic) bond motifs is 1. The number of hydrogen-bond donors (Lipinski definition) is 0. The quantitative estimate of drug-likeness (QED) is 0.331. The molecule has 0 spiro atoms. The molecule has 3 aromatic rings. The first-order valence-electron chi connectivity index (χ1n) is 11.4. The molecule has 0 unspecified atom stereocenters. The zero-order valence-electron chi connectivity index (χ0n) is 19.4. The molecule has 1 saturated heterocycles. The second-order valence-corrected chi connectivity index (χ2v) is 9.37. The molecule has 0 radical (unpaired) electrons. The van der Waals surface area contributed by atoms with Gasteiger partial charge < -0.3 is 9.47 Å². The minimum Gasteiger partial charge on any atom is -0.489 e. The van der Waals surface area contributed by atoms with Crippen LogP contribution in [0.4, 0.5) is 0 Å². The first kappa shape index (κ1) is 24.8. The zero-order valence-corrected chi connectivity index (χ0v) is 20.9. The predicted octanol–water partition coefficient (Wildman–Crippen LogP) is 4.12. The number of rotatable bonds is 7. The van der Waals surface area contributed by atoms with Crippen molar-refractivity contribution in [3.8, 4) is 5.75 Å². The number of hydrogen-bond acceptors (Lipinski definition) is 6. The fourth-order valence-electron chi connectivity index (χ4n) is 4.30. The van der Waals surface area contributed by atoms with Crippen molar-refractivity contribution in [3.63, 3.8) is 0 Å². The highest BCUT2D eigenvalue weighted by atomic mass is 35.5. The van der Waals surface area contributed by atoms with Gasteiger partial charge in [0.2, 0.25) is 5.91 Å². The number of carbonyl (C=O) groups excluding carboxylic acids is 4. The fraction of sp³-hybridized carbons (Fsp3) is 0.185. The average molecular weight is 539 g/mol. The number of carbonyl (C=O) groups is 4. The molecular formula is C27H20Cl2N2O6. The summed E-state index contributed by atoms with van der Waals surface area (Å²) in [5, 5.41) is 0.992. The monoisotopic (exact) mass is 538 g/mol. The van der Waals surface area contributed by atoms with Crippen LogP contribution in [0.25, 0.3) is 0 Å². The van der Waals surface area contributed by atoms with Gasteiger partial charge in [0.15, 0.2) is 6.73 Å². The van der Waals surface area contributed by atoms with Crippen molar-refractivity contribution in [3.05, 3.63) is 99.0 Å². The van der Waals surface area contributed by atoms with Crippen LogP contribution in [0.1, 0.15) is 31.8 Å². The van der Waals surface area contributed by atoms with E-state index < -0.39 is 29.7 Å². The molecule has 0 saturated carbocycles. The molecule has 3 amide bonds. The Morgan fingerprint density at radius 2 is 1.51 bits per heavy atom. The lowest BCUT2D eigenvalue weighted by Gasteiger charge is -2.28. The van der Waals surface area contributed by atoms with Crippen molar-refractivity contribution in [1.82, 2.24) is 9.80 Å². The van der Waals surface area contributed by atoms with Crippen LogP contribution < -0.4 is 4.74 Å². The molecule has 1 fully saturated rings. The third-order valence-corrected chi connectivity index (χ3v) is 6.94. The minimum absolute atomic E-state index is 0.0472. The molecular weight excluding hydrogens is 519 g/mol. The second kappa shape index (κ2) is 10.2. The van der Waals surface area contributed by atoms with E-state index >= 15 is 0 Å². The zero-order chi connectivity index (χ0) is 26.1. The van der Waals surface area contributed by atoms with Gasteiger partial charge in [-0.15, -0.1) is 0 Å².